The number of rotatable bonds is 12. The number of para-hydroxylation sites is 1. The van der Waals surface area contributed by atoms with Crippen molar-refractivity contribution < 1.29 is 23.7 Å². The van der Waals surface area contributed by atoms with Crippen LogP contribution in [0.2, 0.25) is 0 Å². The number of H-pyrrole nitrogens is 1. The fraction of sp³-hybridized carbons (Fsp3) is 0.235. The minimum absolute atomic E-state index is 0.240. The lowest BCUT2D eigenvalue weighted by Crippen LogP contribution is -2.20. The molecule has 3 N–H and O–H groups in total. The van der Waals surface area contributed by atoms with Gasteiger partial charge < -0.3 is 34.6 Å². The van der Waals surface area contributed by atoms with Crippen LogP contribution >= 0.6 is 0 Å². The predicted octanol–water partition coefficient (Wildman–Crippen LogP) is 5.34. The third-order valence-electron chi connectivity index (χ3n) is 7.44. The summed E-state index contributed by atoms with van der Waals surface area (Å²) in [6.45, 7) is 1.66. The van der Waals surface area contributed by atoms with Gasteiger partial charge in [0.25, 0.3) is 5.91 Å². The highest BCUT2D eigenvalue weighted by molar-refractivity contribution is 6.13. The zero-order valence-electron chi connectivity index (χ0n) is 24.7. The lowest BCUT2D eigenvalue weighted by atomic mass is 10.0. The van der Waals surface area contributed by atoms with Crippen molar-refractivity contribution >= 4 is 33.4 Å². The van der Waals surface area contributed by atoms with E-state index >= 15 is 0 Å². The molecule has 0 fully saturated rings. The minimum atomic E-state index is -0.327. The second-order valence-corrected chi connectivity index (χ2v) is 9.99. The molecule has 0 bridgehead atoms. The Kier molecular flexibility index (Phi) is 9.12. The van der Waals surface area contributed by atoms with E-state index in [2.05, 4.69) is 15.6 Å². The van der Waals surface area contributed by atoms with E-state index in [0.29, 0.717) is 44.6 Å². The Labute approximate surface area is 249 Å². The van der Waals surface area contributed by atoms with Gasteiger partial charge in [0.15, 0.2) is 11.5 Å². The van der Waals surface area contributed by atoms with Crippen LogP contribution in [0, 0.1) is 0 Å². The number of hydrogen-bond acceptors (Lipinski definition) is 7. The van der Waals surface area contributed by atoms with Gasteiger partial charge in [0.05, 0.1) is 50.4 Å². The number of methoxy groups -OCH3 is 4. The van der Waals surface area contributed by atoms with Crippen molar-refractivity contribution in [2.45, 2.75) is 12.8 Å². The first-order valence-corrected chi connectivity index (χ1v) is 14.0. The lowest BCUT2D eigenvalue weighted by Gasteiger charge is -2.13. The number of pyridine rings is 1. The molecule has 9 heteroatoms. The molecule has 4 aromatic carbocycles. The van der Waals surface area contributed by atoms with E-state index in [1.807, 2.05) is 42.5 Å². The van der Waals surface area contributed by atoms with Gasteiger partial charge in [-0.05, 0) is 85.6 Å². The van der Waals surface area contributed by atoms with Crippen LogP contribution < -0.4 is 35.0 Å². The smallest absolute Gasteiger partial charge is 0.257 e. The van der Waals surface area contributed by atoms with Gasteiger partial charge in [-0.15, -0.1) is 0 Å². The number of ether oxygens (including phenoxy) is 4. The Bertz CT molecular complexity index is 1810. The highest BCUT2D eigenvalue weighted by Crippen LogP contribution is 2.32. The maximum Gasteiger partial charge on any atom is 0.257 e. The number of carbonyl (C=O) groups is 1. The summed E-state index contributed by atoms with van der Waals surface area (Å²) < 4.78 is 21.6. The molecule has 0 atom stereocenters. The standard InChI is InChI=1S/C34H35N3O6/c1-40-26-13-10-22(20-29(26)43-4)17-19-35-18-16-21-8-11-23(12-9-21)36-34(39)25-7-5-6-24-31(25)37-32-28(42-3)15-14-27(41-2)30(32)33(24)38/h5-15,20,35H,16-19H2,1-4H3,(H,36,39)(H,37,38). The highest BCUT2D eigenvalue weighted by Gasteiger charge is 2.18. The van der Waals surface area contributed by atoms with Gasteiger partial charge in [0.1, 0.15) is 11.5 Å². The van der Waals surface area contributed by atoms with Crippen LogP contribution in [0.1, 0.15) is 21.5 Å². The molecule has 1 amide bonds. The molecule has 222 valence electrons. The summed E-state index contributed by atoms with van der Waals surface area (Å²) in [7, 11) is 6.31. The Hall–Kier alpha value is -5.02. The number of carbonyl (C=O) groups excluding carboxylic acids is 1. The van der Waals surface area contributed by atoms with Crippen molar-refractivity contribution in [1.82, 2.24) is 10.3 Å². The molecule has 0 spiro atoms. The Morgan fingerprint density at radius 3 is 2.02 bits per heavy atom. The fourth-order valence-electron chi connectivity index (χ4n) is 5.16. The summed E-state index contributed by atoms with van der Waals surface area (Å²) in [5.41, 5.74) is 4.00. The minimum Gasteiger partial charge on any atom is -0.496 e. The zero-order valence-corrected chi connectivity index (χ0v) is 24.7. The summed E-state index contributed by atoms with van der Waals surface area (Å²) in [6, 6.07) is 22.2. The SMILES string of the molecule is COc1ccc(CCNCCc2ccc(NC(=O)c3cccc4c(=O)c5c(OC)ccc(OC)c5[nH]c34)cc2)cc1OC. The Balaban J connectivity index is 1.23. The number of benzene rings is 4. The van der Waals surface area contributed by atoms with Crippen molar-refractivity contribution in [2.75, 3.05) is 46.8 Å². The highest BCUT2D eigenvalue weighted by atomic mass is 16.5. The third kappa shape index (κ3) is 6.27. The van der Waals surface area contributed by atoms with E-state index < -0.39 is 0 Å². The van der Waals surface area contributed by atoms with Gasteiger partial charge in [0, 0.05) is 11.1 Å². The normalized spacial score (nSPS) is 11.0. The molecule has 43 heavy (non-hydrogen) atoms. The van der Waals surface area contributed by atoms with Crippen LogP contribution in [-0.2, 0) is 12.8 Å². The zero-order chi connectivity index (χ0) is 30.3. The van der Waals surface area contributed by atoms with Gasteiger partial charge in [-0.2, -0.15) is 0 Å². The van der Waals surface area contributed by atoms with Crippen molar-refractivity contribution in [2.24, 2.45) is 0 Å². The number of anilines is 1. The van der Waals surface area contributed by atoms with Crippen LogP contribution in [0.25, 0.3) is 21.8 Å². The van der Waals surface area contributed by atoms with Gasteiger partial charge >= 0.3 is 0 Å². The van der Waals surface area contributed by atoms with E-state index in [1.165, 1.54) is 19.8 Å². The third-order valence-corrected chi connectivity index (χ3v) is 7.44. The van der Waals surface area contributed by atoms with Crippen LogP contribution in [0.15, 0.2) is 77.6 Å². The maximum atomic E-state index is 13.5. The summed E-state index contributed by atoms with van der Waals surface area (Å²) in [5, 5.41) is 7.20. The summed E-state index contributed by atoms with van der Waals surface area (Å²) >= 11 is 0. The number of amides is 1. The molecule has 9 nitrogen and oxygen atoms in total. The van der Waals surface area contributed by atoms with Gasteiger partial charge in [-0.3, -0.25) is 9.59 Å². The molecule has 0 aliphatic heterocycles. The average Bonchev–Trinajstić information content (AvgIpc) is 3.04. The van der Waals surface area contributed by atoms with Crippen molar-refractivity contribution in [3.05, 3.63) is 99.7 Å². The molecular formula is C34H35N3O6. The van der Waals surface area contributed by atoms with Crippen LogP contribution in [0.3, 0.4) is 0 Å². The predicted molar refractivity (Wildman–Crippen MR) is 169 cm³/mol. The molecule has 0 saturated carbocycles. The topological polar surface area (TPSA) is 111 Å². The monoisotopic (exact) mass is 581 g/mol. The number of hydrogen-bond donors (Lipinski definition) is 3. The molecule has 0 aliphatic carbocycles. The molecular weight excluding hydrogens is 546 g/mol. The Morgan fingerprint density at radius 2 is 1.33 bits per heavy atom. The van der Waals surface area contributed by atoms with Crippen LogP contribution in [-0.4, -0.2) is 52.4 Å². The van der Waals surface area contributed by atoms with E-state index in [4.69, 9.17) is 18.9 Å². The summed E-state index contributed by atoms with van der Waals surface area (Å²) in [4.78, 5) is 30.1. The van der Waals surface area contributed by atoms with Gasteiger partial charge in [-0.1, -0.05) is 24.3 Å². The van der Waals surface area contributed by atoms with Crippen molar-refractivity contribution in [1.29, 1.82) is 0 Å². The quantitative estimate of drug-likeness (QED) is 0.135. The first-order valence-electron chi connectivity index (χ1n) is 14.0. The Morgan fingerprint density at radius 1 is 0.698 bits per heavy atom. The largest absolute Gasteiger partial charge is 0.496 e. The van der Waals surface area contributed by atoms with Crippen molar-refractivity contribution in [3.8, 4) is 23.0 Å². The lowest BCUT2D eigenvalue weighted by molar-refractivity contribution is 0.102. The second kappa shape index (κ2) is 13.3. The number of fused-ring (bicyclic) bond motifs is 2. The molecule has 5 rings (SSSR count). The molecule has 0 unspecified atom stereocenters. The van der Waals surface area contributed by atoms with Gasteiger partial charge in [0.2, 0.25) is 5.43 Å². The fourth-order valence-corrected chi connectivity index (χ4v) is 5.16. The van der Waals surface area contributed by atoms with E-state index in [9.17, 15) is 9.59 Å². The van der Waals surface area contributed by atoms with E-state index in [0.717, 1.165) is 43.0 Å². The van der Waals surface area contributed by atoms with Crippen LogP contribution in [0.5, 0.6) is 23.0 Å². The molecule has 0 aliphatic rings. The van der Waals surface area contributed by atoms with E-state index in [-0.39, 0.29) is 11.3 Å². The summed E-state index contributed by atoms with van der Waals surface area (Å²) in [5.74, 6) is 2.04. The number of aromatic nitrogens is 1. The molecule has 5 aromatic rings. The van der Waals surface area contributed by atoms with Crippen molar-refractivity contribution in [3.63, 3.8) is 0 Å². The van der Waals surface area contributed by atoms with E-state index in [1.54, 1.807) is 44.6 Å². The average molecular weight is 582 g/mol. The first-order chi connectivity index (χ1) is 21.0. The molecule has 1 aromatic heterocycles. The molecule has 1 heterocycles. The summed E-state index contributed by atoms with van der Waals surface area (Å²) in [6.07, 6.45) is 1.73. The first kappa shape index (κ1) is 29.5. The number of aromatic amines is 1. The molecule has 0 radical (unpaired) electrons. The van der Waals surface area contributed by atoms with Crippen LogP contribution in [0.4, 0.5) is 5.69 Å². The number of nitrogens with one attached hydrogen (secondary N) is 3. The maximum absolute atomic E-state index is 13.5. The molecule has 0 saturated heterocycles. The van der Waals surface area contributed by atoms with Gasteiger partial charge in [-0.25, -0.2) is 0 Å². The second-order valence-electron chi connectivity index (χ2n) is 9.99.